The molecular weight excluding hydrogens is 328 g/mol. The Kier molecular flexibility index (Phi) is 6.03. The van der Waals surface area contributed by atoms with Crippen LogP contribution in [0.1, 0.15) is 47.8 Å². The van der Waals surface area contributed by atoms with E-state index in [0.717, 1.165) is 16.7 Å². The fraction of sp³-hybridized carbons (Fsp3) is 0.333. The zero-order chi connectivity index (χ0) is 19.3. The Morgan fingerprint density at radius 1 is 0.962 bits per heavy atom. The van der Waals surface area contributed by atoms with Crippen molar-refractivity contribution in [1.82, 2.24) is 10.9 Å². The average molecular weight is 354 g/mol. The lowest BCUT2D eigenvalue weighted by atomic mass is 9.87. The Labute approximate surface area is 154 Å². The normalized spacial score (nSPS) is 11.0. The second-order valence-electron chi connectivity index (χ2n) is 7.39. The zero-order valence-electron chi connectivity index (χ0n) is 16.0. The predicted molar refractivity (Wildman–Crippen MR) is 102 cm³/mol. The summed E-state index contributed by atoms with van der Waals surface area (Å²) < 4.78 is 5.51. The molecule has 0 fully saturated rings. The minimum absolute atomic E-state index is 0.0223. The number of hydrogen-bond acceptors (Lipinski definition) is 3. The summed E-state index contributed by atoms with van der Waals surface area (Å²) in [5, 5.41) is 0. The van der Waals surface area contributed by atoms with Crippen molar-refractivity contribution >= 4 is 11.8 Å². The van der Waals surface area contributed by atoms with E-state index in [9.17, 15) is 9.59 Å². The topological polar surface area (TPSA) is 67.4 Å². The summed E-state index contributed by atoms with van der Waals surface area (Å²) in [5.74, 6) is -0.139. The number of carbonyl (C=O) groups is 2. The van der Waals surface area contributed by atoms with Crippen molar-refractivity contribution in [3.8, 4) is 5.75 Å². The minimum atomic E-state index is -0.425. The van der Waals surface area contributed by atoms with Crippen LogP contribution < -0.4 is 15.6 Å². The second-order valence-corrected chi connectivity index (χ2v) is 7.39. The van der Waals surface area contributed by atoms with Gasteiger partial charge in [0.05, 0.1) is 0 Å². The minimum Gasteiger partial charge on any atom is -0.483 e. The Morgan fingerprint density at radius 3 is 2.23 bits per heavy atom. The molecule has 138 valence electrons. The molecule has 0 aromatic heterocycles. The molecule has 0 atom stereocenters. The van der Waals surface area contributed by atoms with Crippen LogP contribution in [0, 0.1) is 13.8 Å². The van der Waals surface area contributed by atoms with Gasteiger partial charge in [0, 0.05) is 5.56 Å². The highest BCUT2D eigenvalue weighted by atomic mass is 16.5. The third-order valence-electron chi connectivity index (χ3n) is 4.03. The molecular formula is C21H26N2O3. The molecule has 0 aliphatic rings. The van der Waals surface area contributed by atoms with Gasteiger partial charge in [-0.15, -0.1) is 0 Å². The Balaban J connectivity index is 1.85. The summed E-state index contributed by atoms with van der Waals surface area (Å²) in [7, 11) is 0. The highest BCUT2D eigenvalue weighted by molar-refractivity contribution is 5.95. The van der Waals surface area contributed by atoms with Gasteiger partial charge in [-0.05, 0) is 54.2 Å². The molecule has 0 spiro atoms. The molecule has 0 radical (unpaired) electrons. The summed E-state index contributed by atoms with van der Waals surface area (Å²) in [5.41, 5.74) is 8.41. The summed E-state index contributed by atoms with van der Waals surface area (Å²) in [4.78, 5) is 24.0. The number of rotatable bonds is 4. The van der Waals surface area contributed by atoms with Crippen LogP contribution in [0.2, 0.25) is 0 Å². The molecule has 0 bridgehead atoms. The number of amides is 2. The highest BCUT2D eigenvalue weighted by Gasteiger charge is 2.14. The number of nitrogens with one attached hydrogen (secondary N) is 2. The molecule has 5 heteroatoms. The van der Waals surface area contributed by atoms with Crippen LogP contribution in [-0.2, 0) is 10.2 Å². The summed E-state index contributed by atoms with van der Waals surface area (Å²) in [6, 6.07) is 13.1. The van der Waals surface area contributed by atoms with E-state index in [-0.39, 0.29) is 17.9 Å². The first-order valence-corrected chi connectivity index (χ1v) is 8.56. The molecule has 0 saturated carbocycles. The molecule has 0 saturated heterocycles. The van der Waals surface area contributed by atoms with E-state index in [0.29, 0.717) is 11.3 Å². The smallest absolute Gasteiger partial charge is 0.276 e. The molecule has 0 unspecified atom stereocenters. The molecule has 2 aromatic carbocycles. The van der Waals surface area contributed by atoms with Gasteiger partial charge in [0.2, 0.25) is 0 Å². The van der Waals surface area contributed by atoms with Crippen LogP contribution >= 0.6 is 0 Å². The Morgan fingerprint density at radius 2 is 1.62 bits per heavy atom. The van der Waals surface area contributed by atoms with Crippen molar-refractivity contribution in [2.75, 3.05) is 6.61 Å². The lowest BCUT2D eigenvalue weighted by molar-refractivity contribution is -0.123. The lowest BCUT2D eigenvalue weighted by Gasteiger charge is -2.19. The first kappa shape index (κ1) is 19.5. The van der Waals surface area contributed by atoms with Crippen LogP contribution in [0.5, 0.6) is 5.75 Å². The third-order valence-corrected chi connectivity index (χ3v) is 4.03. The average Bonchev–Trinajstić information content (AvgIpc) is 2.59. The van der Waals surface area contributed by atoms with Crippen LogP contribution in [0.15, 0.2) is 42.5 Å². The maximum Gasteiger partial charge on any atom is 0.276 e. The van der Waals surface area contributed by atoms with Crippen molar-refractivity contribution < 1.29 is 14.3 Å². The largest absolute Gasteiger partial charge is 0.483 e. The van der Waals surface area contributed by atoms with Gasteiger partial charge < -0.3 is 4.74 Å². The van der Waals surface area contributed by atoms with E-state index in [1.165, 1.54) is 0 Å². The van der Waals surface area contributed by atoms with Gasteiger partial charge in [-0.25, -0.2) is 0 Å². The van der Waals surface area contributed by atoms with Gasteiger partial charge in [0.1, 0.15) is 5.75 Å². The molecule has 0 aliphatic heterocycles. The summed E-state index contributed by atoms with van der Waals surface area (Å²) in [6.45, 7) is 10.0. The Bertz CT molecular complexity index is 790. The highest BCUT2D eigenvalue weighted by Crippen LogP contribution is 2.22. The maximum atomic E-state index is 12.1. The lowest BCUT2D eigenvalue weighted by Crippen LogP contribution is -2.43. The first-order chi connectivity index (χ1) is 12.2. The number of ether oxygens (including phenoxy) is 1. The molecule has 2 rings (SSSR count). The summed E-state index contributed by atoms with van der Waals surface area (Å²) >= 11 is 0. The Hall–Kier alpha value is -2.82. The van der Waals surface area contributed by atoms with E-state index in [2.05, 4.69) is 31.6 Å². The van der Waals surface area contributed by atoms with Crippen molar-refractivity contribution in [3.63, 3.8) is 0 Å². The summed E-state index contributed by atoms with van der Waals surface area (Å²) in [6.07, 6.45) is 0. The fourth-order valence-corrected chi connectivity index (χ4v) is 2.36. The fourth-order valence-electron chi connectivity index (χ4n) is 2.36. The number of hydrogen-bond donors (Lipinski definition) is 2. The van der Waals surface area contributed by atoms with E-state index in [1.54, 1.807) is 12.1 Å². The second kappa shape index (κ2) is 8.04. The van der Waals surface area contributed by atoms with Gasteiger partial charge in [-0.1, -0.05) is 45.0 Å². The number of carbonyl (C=O) groups excluding carboxylic acids is 2. The number of hydrazine groups is 1. The van der Waals surface area contributed by atoms with Gasteiger partial charge in [0.25, 0.3) is 11.8 Å². The van der Waals surface area contributed by atoms with Crippen LogP contribution in [0.3, 0.4) is 0 Å². The van der Waals surface area contributed by atoms with Crippen molar-refractivity contribution in [3.05, 3.63) is 64.7 Å². The quantitative estimate of drug-likeness (QED) is 0.827. The SMILES string of the molecule is Cc1ccc(C)c(OCC(=O)NNC(=O)c2ccc(C(C)(C)C)cc2)c1. The molecule has 2 N–H and O–H groups in total. The van der Waals surface area contributed by atoms with E-state index < -0.39 is 5.91 Å². The van der Waals surface area contributed by atoms with Gasteiger partial charge in [-0.3, -0.25) is 20.4 Å². The van der Waals surface area contributed by atoms with E-state index in [1.807, 2.05) is 44.2 Å². The van der Waals surface area contributed by atoms with Crippen molar-refractivity contribution in [1.29, 1.82) is 0 Å². The molecule has 2 amide bonds. The van der Waals surface area contributed by atoms with Gasteiger partial charge >= 0.3 is 0 Å². The van der Waals surface area contributed by atoms with Crippen LogP contribution in [-0.4, -0.2) is 18.4 Å². The number of aryl methyl sites for hydroxylation is 2. The maximum absolute atomic E-state index is 12.1. The monoisotopic (exact) mass is 354 g/mol. The number of benzene rings is 2. The van der Waals surface area contributed by atoms with Crippen LogP contribution in [0.25, 0.3) is 0 Å². The molecule has 26 heavy (non-hydrogen) atoms. The molecule has 0 aliphatic carbocycles. The van der Waals surface area contributed by atoms with E-state index >= 15 is 0 Å². The molecule has 0 heterocycles. The molecule has 5 nitrogen and oxygen atoms in total. The van der Waals surface area contributed by atoms with Crippen molar-refractivity contribution in [2.24, 2.45) is 0 Å². The first-order valence-electron chi connectivity index (χ1n) is 8.56. The van der Waals surface area contributed by atoms with Gasteiger partial charge in [0.15, 0.2) is 6.61 Å². The molecule has 2 aromatic rings. The zero-order valence-corrected chi connectivity index (χ0v) is 16.0. The van der Waals surface area contributed by atoms with Gasteiger partial charge in [-0.2, -0.15) is 0 Å². The predicted octanol–water partition coefficient (Wildman–Crippen LogP) is 3.44. The van der Waals surface area contributed by atoms with E-state index in [4.69, 9.17) is 4.74 Å². The third kappa shape index (κ3) is 5.34. The standard InChI is InChI=1S/C21H26N2O3/c1-14-6-7-15(2)18(12-14)26-13-19(24)22-23-20(25)16-8-10-17(11-9-16)21(3,4)5/h6-12H,13H2,1-5H3,(H,22,24)(H,23,25). The van der Waals surface area contributed by atoms with Crippen molar-refractivity contribution in [2.45, 2.75) is 40.0 Å². The van der Waals surface area contributed by atoms with Crippen LogP contribution in [0.4, 0.5) is 0 Å².